The molecule has 0 bridgehead atoms. The fraction of sp³-hybridized carbons (Fsp3) is 0.400. The zero-order valence-corrected chi connectivity index (χ0v) is 14.2. The van der Waals surface area contributed by atoms with Crippen molar-refractivity contribution in [3.8, 4) is 0 Å². The third-order valence-electron chi connectivity index (χ3n) is 2.93. The molecule has 0 amide bonds. The Labute approximate surface area is 133 Å². The van der Waals surface area contributed by atoms with Gasteiger partial charge in [-0.25, -0.2) is 9.97 Å². The summed E-state index contributed by atoms with van der Waals surface area (Å²) < 4.78 is 1.12. The Morgan fingerprint density at radius 2 is 1.90 bits per heavy atom. The zero-order chi connectivity index (χ0) is 14.5. The van der Waals surface area contributed by atoms with Gasteiger partial charge in [0.2, 0.25) is 0 Å². The average molecular weight is 382 g/mol. The third kappa shape index (κ3) is 3.65. The van der Waals surface area contributed by atoms with Crippen LogP contribution in [0.4, 0.5) is 5.82 Å². The van der Waals surface area contributed by atoms with Gasteiger partial charge < -0.3 is 5.32 Å². The van der Waals surface area contributed by atoms with Gasteiger partial charge in [0.15, 0.2) is 0 Å². The van der Waals surface area contributed by atoms with E-state index in [-0.39, 0.29) is 0 Å². The maximum Gasteiger partial charge on any atom is 0.143 e. The van der Waals surface area contributed by atoms with Crippen molar-refractivity contribution in [2.75, 3.05) is 11.9 Å². The molecule has 106 valence electrons. The SMILES string of the molecule is CCNc1nc(Cc2ccncc2)nc(C(C)C)c1I. The van der Waals surface area contributed by atoms with Crippen LogP contribution >= 0.6 is 22.6 Å². The van der Waals surface area contributed by atoms with Crippen LogP contribution in [0.2, 0.25) is 0 Å². The van der Waals surface area contributed by atoms with E-state index in [1.807, 2.05) is 12.1 Å². The van der Waals surface area contributed by atoms with Gasteiger partial charge in [-0.2, -0.15) is 0 Å². The molecule has 4 nitrogen and oxygen atoms in total. The molecule has 0 aromatic carbocycles. The lowest BCUT2D eigenvalue weighted by Gasteiger charge is -2.14. The van der Waals surface area contributed by atoms with Gasteiger partial charge in [0.05, 0.1) is 9.26 Å². The number of hydrogen-bond acceptors (Lipinski definition) is 4. The largest absolute Gasteiger partial charge is 0.369 e. The number of nitrogens with zero attached hydrogens (tertiary/aromatic N) is 3. The fourth-order valence-corrected chi connectivity index (χ4v) is 3.00. The molecule has 0 saturated heterocycles. The Balaban J connectivity index is 2.37. The van der Waals surface area contributed by atoms with Crippen LogP contribution in [-0.4, -0.2) is 21.5 Å². The van der Waals surface area contributed by atoms with E-state index in [0.717, 1.165) is 33.9 Å². The smallest absolute Gasteiger partial charge is 0.143 e. The summed E-state index contributed by atoms with van der Waals surface area (Å²) in [5.41, 5.74) is 2.29. The molecule has 0 atom stereocenters. The fourth-order valence-electron chi connectivity index (χ4n) is 1.94. The molecule has 20 heavy (non-hydrogen) atoms. The lowest BCUT2D eigenvalue weighted by atomic mass is 10.1. The standard InChI is InChI=1S/C15H19IN4/c1-4-18-15-13(16)14(10(2)3)19-12(20-15)9-11-5-7-17-8-6-11/h5-8,10H,4,9H2,1-3H3,(H,18,19,20). The summed E-state index contributed by atoms with van der Waals surface area (Å²) in [6.07, 6.45) is 4.34. The highest BCUT2D eigenvalue weighted by Crippen LogP contribution is 2.25. The van der Waals surface area contributed by atoms with E-state index < -0.39 is 0 Å². The lowest BCUT2D eigenvalue weighted by molar-refractivity contribution is 0.783. The Kier molecular flexibility index (Phi) is 5.28. The van der Waals surface area contributed by atoms with Crippen molar-refractivity contribution in [3.63, 3.8) is 0 Å². The van der Waals surface area contributed by atoms with E-state index in [2.05, 4.69) is 58.6 Å². The van der Waals surface area contributed by atoms with E-state index in [9.17, 15) is 0 Å². The highest BCUT2D eigenvalue weighted by Gasteiger charge is 2.14. The number of halogens is 1. The lowest BCUT2D eigenvalue weighted by Crippen LogP contribution is -2.11. The van der Waals surface area contributed by atoms with Gasteiger partial charge in [-0.15, -0.1) is 0 Å². The topological polar surface area (TPSA) is 50.7 Å². The third-order valence-corrected chi connectivity index (χ3v) is 3.99. The van der Waals surface area contributed by atoms with Crippen LogP contribution in [0.5, 0.6) is 0 Å². The molecule has 5 heteroatoms. The van der Waals surface area contributed by atoms with Crippen molar-refractivity contribution in [1.29, 1.82) is 0 Å². The first-order valence-electron chi connectivity index (χ1n) is 6.80. The van der Waals surface area contributed by atoms with Crippen LogP contribution < -0.4 is 5.32 Å². The van der Waals surface area contributed by atoms with E-state index >= 15 is 0 Å². The average Bonchev–Trinajstić information content (AvgIpc) is 2.43. The second-order valence-electron chi connectivity index (χ2n) is 4.90. The predicted molar refractivity (Wildman–Crippen MR) is 90.0 cm³/mol. The van der Waals surface area contributed by atoms with Crippen molar-refractivity contribution in [2.24, 2.45) is 0 Å². The first-order chi connectivity index (χ1) is 9.61. The monoisotopic (exact) mass is 382 g/mol. The van der Waals surface area contributed by atoms with Gasteiger partial charge in [-0.05, 0) is 53.1 Å². The van der Waals surface area contributed by atoms with Gasteiger partial charge in [0.1, 0.15) is 11.6 Å². The minimum atomic E-state index is 0.387. The molecule has 0 aliphatic heterocycles. The van der Waals surface area contributed by atoms with E-state index in [1.54, 1.807) is 12.4 Å². The Bertz CT molecular complexity index is 570. The number of aromatic nitrogens is 3. The van der Waals surface area contributed by atoms with E-state index in [4.69, 9.17) is 4.98 Å². The maximum atomic E-state index is 4.73. The van der Waals surface area contributed by atoms with Crippen LogP contribution in [0, 0.1) is 3.57 Å². The van der Waals surface area contributed by atoms with Crippen molar-refractivity contribution in [1.82, 2.24) is 15.0 Å². The van der Waals surface area contributed by atoms with Crippen molar-refractivity contribution in [2.45, 2.75) is 33.1 Å². The van der Waals surface area contributed by atoms with Gasteiger partial charge in [-0.1, -0.05) is 13.8 Å². The van der Waals surface area contributed by atoms with Crippen LogP contribution in [0.25, 0.3) is 0 Å². The minimum absolute atomic E-state index is 0.387. The minimum Gasteiger partial charge on any atom is -0.369 e. The highest BCUT2D eigenvalue weighted by atomic mass is 127. The quantitative estimate of drug-likeness (QED) is 0.803. The molecule has 2 rings (SSSR count). The Morgan fingerprint density at radius 3 is 2.50 bits per heavy atom. The van der Waals surface area contributed by atoms with Crippen LogP contribution in [0.1, 0.15) is 43.8 Å². The number of pyridine rings is 1. The van der Waals surface area contributed by atoms with Gasteiger partial charge in [-0.3, -0.25) is 4.98 Å². The van der Waals surface area contributed by atoms with Gasteiger partial charge in [0, 0.05) is 25.4 Å². The molecule has 0 aliphatic rings. The highest BCUT2D eigenvalue weighted by molar-refractivity contribution is 14.1. The molecular formula is C15H19IN4. The molecule has 2 aromatic rings. The normalized spacial score (nSPS) is 10.8. The first kappa shape index (κ1) is 15.2. The molecule has 2 aromatic heterocycles. The zero-order valence-electron chi connectivity index (χ0n) is 12.0. The summed E-state index contributed by atoms with van der Waals surface area (Å²) in [4.78, 5) is 13.4. The van der Waals surface area contributed by atoms with Crippen molar-refractivity contribution >= 4 is 28.4 Å². The number of nitrogens with one attached hydrogen (secondary N) is 1. The summed E-state index contributed by atoms with van der Waals surface area (Å²) in [7, 11) is 0. The first-order valence-corrected chi connectivity index (χ1v) is 7.88. The number of rotatable bonds is 5. The van der Waals surface area contributed by atoms with Crippen LogP contribution in [-0.2, 0) is 6.42 Å². The summed E-state index contributed by atoms with van der Waals surface area (Å²) >= 11 is 2.33. The predicted octanol–water partition coefficient (Wildman–Crippen LogP) is 3.62. The van der Waals surface area contributed by atoms with Crippen molar-refractivity contribution in [3.05, 3.63) is 45.2 Å². The summed E-state index contributed by atoms with van der Waals surface area (Å²) in [5.74, 6) is 2.19. The van der Waals surface area contributed by atoms with E-state index in [0.29, 0.717) is 5.92 Å². The van der Waals surface area contributed by atoms with Crippen molar-refractivity contribution < 1.29 is 0 Å². The summed E-state index contributed by atoms with van der Waals surface area (Å²) in [5, 5.41) is 3.33. The summed E-state index contributed by atoms with van der Waals surface area (Å²) in [6, 6.07) is 4.01. The van der Waals surface area contributed by atoms with Crippen LogP contribution in [0.3, 0.4) is 0 Å². The molecule has 0 aliphatic carbocycles. The molecule has 0 spiro atoms. The maximum absolute atomic E-state index is 4.73. The van der Waals surface area contributed by atoms with Crippen LogP contribution in [0.15, 0.2) is 24.5 Å². The molecule has 0 fully saturated rings. The second-order valence-corrected chi connectivity index (χ2v) is 5.98. The summed E-state index contributed by atoms with van der Waals surface area (Å²) in [6.45, 7) is 7.27. The molecule has 1 N–H and O–H groups in total. The molecule has 0 saturated carbocycles. The number of anilines is 1. The van der Waals surface area contributed by atoms with E-state index in [1.165, 1.54) is 5.56 Å². The Hall–Kier alpha value is -1.24. The number of hydrogen-bond donors (Lipinski definition) is 1. The van der Waals surface area contributed by atoms with Gasteiger partial charge in [0.25, 0.3) is 0 Å². The molecule has 0 radical (unpaired) electrons. The molecule has 0 unspecified atom stereocenters. The van der Waals surface area contributed by atoms with Gasteiger partial charge >= 0.3 is 0 Å². The Morgan fingerprint density at radius 1 is 1.20 bits per heavy atom. The molecular weight excluding hydrogens is 363 g/mol. The second kappa shape index (κ2) is 6.97. The molecule has 2 heterocycles.